The molecule has 0 fully saturated rings. The van der Waals surface area contributed by atoms with E-state index in [9.17, 15) is 0 Å². The van der Waals surface area contributed by atoms with Crippen molar-refractivity contribution >= 4 is 0 Å². The van der Waals surface area contributed by atoms with Crippen molar-refractivity contribution in [2.24, 2.45) is 5.73 Å². The highest BCUT2D eigenvalue weighted by Crippen LogP contribution is 2.15. The summed E-state index contributed by atoms with van der Waals surface area (Å²) in [5.74, 6) is 0.931. The summed E-state index contributed by atoms with van der Waals surface area (Å²) in [6.07, 6.45) is 0.774. The van der Waals surface area contributed by atoms with E-state index >= 15 is 0 Å². The van der Waals surface area contributed by atoms with E-state index in [0.717, 1.165) is 18.8 Å². The Labute approximate surface area is 64.2 Å². The maximum Gasteiger partial charge on any atom is 0.317 e. The summed E-state index contributed by atoms with van der Waals surface area (Å²) in [4.78, 5) is 0. The molecule has 1 aliphatic rings. The number of nitrogens with zero attached hydrogens (tertiary/aromatic N) is 3. The molecule has 0 unspecified atom stereocenters. The molecule has 2 heterocycles. The van der Waals surface area contributed by atoms with E-state index in [1.165, 1.54) is 0 Å². The second-order valence-corrected chi connectivity index (χ2v) is 2.44. The molecule has 0 amide bonds. The van der Waals surface area contributed by atoms with Crippen LogP contribution in [0.4, 0.5) is 0 Å². The lowest BCUT2D eigenvalue weighted by molar-refractivity contribution is 0.341. The average molecular weight is 154 g/mol. The van der Waals surface area contributed by atoms with Crippen LogP contribution < -0.4 is 10.5 Å². The highest BCUT2D eigenvalue weighted by molar-refractivity contribution is 5.04. The molecule has 60 valence electrons. The van der Waals surface area contributed by atoms with Crippen molar-refractivity contribution in [3.05, 3.63) is 5.82 Å². The van der Waals surface area contributed by atoms with Crippen LogP contribution in [0.5, 0.6) is 6.01 Å². The Morgan fingerprint density at radius 2 is 2.45 bits per heavy atom. The summed E-state index contributed by atoms with van der Waals surface area (Å²) in [6.45, 7) is 2.18. The first kappa shape index (κ1) is 6.60. The number of hydrogen-bond acceptors (Lipinski definition) is 4. The van der Waals surface area contributed by atoms with Gasteiger partial charge in [-0.15, -0.1) is 5.10 Å². The number of aromatic nitrogens is 3. The van der Waals surface area contributed by atoms with Crippen molar-refractivity contribution in [2.75, 3.05) is 13.2 Å². The second kappa shape index (κ2) is 2.50. The molecular weight excluding hydrogens is 144 g/mol. The van der Waals surface area contributed by atoms with Gasteiger partial charge in [0.1, 0.15) is 12.4 Å². The first-order valence-electron chi connectivity index (χ1n) is 3.67. The van der Waals surface area contributed by atoms with E-state index in [-0.39, 0.29) is 0 Å². The quantitative estimate of drug-likeness (QED) is 0.604. The molecule has 1 aromatic rings. The van der Waals surface area contributed by atoms with Crippen LogP contribution in [-0.2, 0) is 13.0 Å². The number of hydrogen-bond donors (Lipinski definition) is 1. The predicted octanol–water partition coefficient (Wildman–Crippen LogP) is -0.828. The molecule has 0 aliphatic carbocycles. The minimum atomic E-state index is 0.609. The maximum atomic E-state index is 5.39. The van der Waals surface area contributed by atoms with Crippen LogP contribution in [0.25, 0.3) is 0 Å². The monoisotopic (exact) mass is 154 g/mol. The molecule has 11 heavy (non-hydrogen) atoms. The summed E-state index contributed by atoms with van der Waals surface area (Å²) >= 11 is 0. The summed E-state index contributed by atoms with van der Waals surface area (Å²) in [5.41, 5.74) is 5.39. The zero-order valence-corrected chi connectivity index (χ0v) is 6.16. The number of fused-ring (bicyclic) bond motifs is 1. The van der Waals surface area contributed by atoms with Crippen molar-refractivity contribution in [3.63, 3.8) is 0 Å². The molecule has 0 radical (unpaired) electrons. The summed E-state index contributed by atoms with van der Waals surface area (Å²) in [7, 11) is 0. The molecule has 0 bridgehead atoms. The van der Waals surface area contributed by atoms with Crippen LogP contribution in [-0.4, -0.2) is 27.9 Å². The van der Waals surface area contributed by atoms with E-state index in [1.54, 1.807) is 0 Å². The van der Waals surface area contributed by atoms with Crippen molar-refractivity contribution in [2.45, 2.75) is 13.0 Å². The van der Waals surface area contributed by atoms with Crippen LogP contribution >= 0.6 is 0 Å². The molecule has 1 aliphatic heterocycles. The first-order chi connectivity index (χ1) is 5.42. The van der Waals surface area contributed by atoms with Crippen molar-refractivity contribution < 1.29 is 4.74 Å². The van der Waals surface area contributed by atoms with Crippen LogP contribution in [0.1, 0.15) is 5.82 Å². The van der Waals surface area contributed by atoms with Gasteiger partial charge in [0.05, 0.1) is 6.54 Å². The highest BCUT2D eigenvalue weighted by Gasteiger charge is 2.17. The standard InChI is InChI=1S/C6H10N4O/c7-2-1-5-8-9-6-10(5)3-4-11-6/h1-4,7H2. The lowest BCUT2D eigenvalue weighted by Gasteiger charge is -1.95. The Kier molecular flexibility index (Phi) is 1.50. The van der Waals surface area contributed by atoms with Gasteiger partial charge in [0.15, 0.2) is 0 Å². The molecule has 1 aromatic heterocycles. The van der Waals surface area contributed by atoms with Crippen LogP contribution in [0.15, 0.2) is 0 Å². The van der Waals surface area contributed by atoms with E-state index in [2.05, 4.69) is 10.2 Å². The first-order valence-corrected chi connectivity index (χ1v) is 3.67. The lowest BCUT2D eigenvalue weighted by atomic mass is 10.4. The van der Waals surface area contributed by atoms with Crippen molar-refractivity contribution in [3.8, 4) is 6.01 Å². The third-order valence-corrected chi connectivity index (χ3v) is 1.71. The van der Waals surface area contributed by atoms with E-state index in [4.69, 9.17) is 10.5 Å². The Morgan fingerprint density at radius 3 is 3.27 bits per heavy atom. The largest absolute Gasteiger partial charge is 0.462 e. The molecule has 0 saturated carbocycles. The minimum Gasteiger partial charge on any atom is -0.462 e. The molecule has 2 N–H and O–H groups in total. The molecule has 0 aromatic carbocycles. The van der Waals surface area contributed by atoms with Gasteiger partial charge in [0.25, 0.3) is 0 Å². The summed E-state index contributed by atoms with van der Waals surface area (Å²) in [6, 6.07) is 0.633. The summed E-state index contributed by atoms with van der Waals surface area (Å²) in [5, 5.41) is 7.79. The van der Waals surface area contributed by atoms with Gasteiger partial charge in [-0.05, 0) is 6.54 Å². The fourth-order valence-corrected chi connectivity index (χ4v) is 1.19. The topological polar surface area (TPSA) is 66.0 Å². The second-order valence-electron chi connectivity index (χ2n) is 2.44. The van der Waals surface area contributed by atoms with Crippen LogP contribution in [0.2, 0.25) is 0 Å². The third-order valence-electron chi connectivity index (χ3n) is 1.71. The van der Waals surface area contributed by atoms with Gasteiger partial charge in [-0.1, -0.05) is 5.10 Å². The zero-order valence-electron chi connectivity index (χ0n) is 6.16. The Balaban J connectivity index is 2.27. The Bertz CT molecular complexity index is 257. The maximum absolute atomic E-state index is 5.39. The molecule has 0 spiro atoms. The SMILES string of the molecule is NCCc1nnc2n1CCO2. The Morgan fingerprint density at radius 1 is 1.55 bits per heavy atom. The third kappa shape index (κ3) is 0.970. The van der Waals surface area contributed by atoms with Gasteiger partial charge in [-0.25, -0.2) is 0 Å². The number of nitrogens with two attached hydrogens (primary N) is 1. The highest BCUT2D eigenvalue weighted by atomic mass is 16.5. The summed E-state index contributed by atoms with van der Waals surface area (Å²) < 4.78 is 7.14. The van der Waals surface area contributed by atoms with Gasteiger partial charge in [-0.2, -0.15) is 0 Å². The minimum absolute atomic E-state index is 0.609. The van der Waals surface area contributed by atoms with Crippen LogP contribution in [0.3, 0.4) is 0 Å². The average Bonchev–Trinajstić information content (AvgIpc) is 2.53. The fraction of sp³-hybridized carbons (Fsp3) is 0.667. The number of ether oxygens (including phenoxy) is 1. The predicted molar refractivity (Wildman–Crippen MR) is 38.3 cm³/mol. The van der Waals surface area contributed by atoms with E-state index < -0.39 is 0 Å². The molecular formula is C6H10N4O. The van der Waals surface area contributed by atoms with Crippen LogP contribution in [0, 0.1) is 0 Å². The van der Waals surface area contributed by atoms with Gasteiger partial charge < -0.3 is 10.5 Å². The van der Waals surface area contributed by atoms with Crippen molar-refractivity contribution in [1.82, 2.24) is 14.8 Å². The van der Waals surface area contributed by atoms with E-state index in [1.807, 2.05) is 4.57 Å². The molecule has 5 heteroatoms. The number of rotatable bonds is 2. The van der Waals surface area contributed by atoms with Crippen molar-refractivity contribution in [1.29, 1.82) is 0 Å². The van der Waals surface area contributed by atoms with Gasteiger partial charge >= 0.3 is 6.01 Å². The zero-order chi connectivity index (χ0) is 7.68. The van der Waals surface area contributed by atoms with Gasteiger partial charge in [0, 0.05) is 6.42 Å². The normalized spacial score (nSPS) is 14.6. The molecule has 5 nitrogen and oxygen atoms in total. The Hall–Kier alpha value is -1.10. The molecule has 0 atom stereocenters. The van der Waals surface area contributed by atoms with Gasteiger partial charge in [-0.3, -0.25) is 4.57 Å². The fourth-order valence-electron chi connectivity index (χ4n) is 1.19. The smallest absolute Gasteiger partial charge is 0.317 e. The molecule has 2 rings (SSSR count). The van der Waals surface area contributed by atoms with Gasteiger partial charge in [0.2, 0.25) is 0 Å². The molecule has 0 saturated heterocycles. The lowest BCUT2D eigenvalue weighted by Crippen LogP contribution is -2.09. The van der Waals surface area contributed by atoms with E-state index in [0.29, 0.717) is 19.2 Å².